The van der Waals surface area contributed by atoms with Gasteiger partial charge in [0.2, 0.25) is 6.29 Å². The molecule has 0 radical (unpaired) electrons. The van der Waals surface area contributed by atoms with E-state index in [0.717, 1.165) is 5.56 Å². The van der Waals surface area contributed by atoms with Crippen molar-refractivity contribution in [3.05, 3.63) is 24.2 Å². The van der Waals surface area contributed by atoms with Gasteiger partial charge in [-0.1, -0.05) is 27.7 Å². The van der Waals surface area contributed by atoms with Crippen LogP contribution >= 0.6 is 0 Å². The lowest BCUT2D eigenvalue weighted by molar-refractivity contribution is -0.458. The van der Waals surface area contributed by atoms with Crippen molar-refractivity contribution < 1.29 is 57.5 Å². The van der Waals surface area contributed by atoms with Gasteiger partial charge in [-0.05, 0) is 49.7 Å². The predicted octanol–water partition coefficient (Wildman–Crippen LogP) is 3.06. The molecular formula is C35H46O12. The molecule has 258 valence electrons. The van der Waals surface area contributed by atoms with Gasteiger partial charge in [-0.25, -0.2) is 0 Å². The van der Waals surface area contributed by atoms with E-state index < -0.39 is 99.7 Å². The second-order valence-electron chi connectivity index (χ2n) is 15.7. The fourth-order valence-corrected chi connectivity index (χ4v) is 11.8. The Kier molecular flexibility index (Phi) is 7.21. The number of aliphatic hydroxyl groups is 2. The second-order valence-corrected chi connectivity index (χ2v) is 15.7. The average Bonchev–Trinajstić information content (AvgIpc) is 3.60. The molecule has 1 unspecified atom stereocenters. The van der Waals surface area contributed by atoms with E-state index in [1.807, 2.05) is 26.8 Å². The van der Waals surface area contributed by atoms with E-state index in [0.29, 0.717) is 19.3 Å². The maximum Gasteiger partial charge on any atom is 0.310 e. The van der Waals surface area contributed by atoms with Crippen molar-refractivity contribution in [2.45, 2.75) is 122 Å². The molecule has 2 N–H and O–H groups in total. The number of hydrogen-bond donors (Lipinski definition) is 2. The normalized spacial score (nSPS) is 49.8. The first kappa shape index (κ1) is 32.7. The van der Waals surface area contributed by atoms with Crippen molar-refractivity contribution in [1.29, 1.82) is 0 Å². The van der Waals surface area contributed by atoms with Gasteiger partial charge in [-0.2, -0.15) is 0 Å². The van der Waals surface area contributed by atoms with Crippen LogP contribution in [-0.2, 0) is 42.9 Å². The van der Waals surface area contributed by atoms with Crippen molar-refractivity contribution >= 4 is 23.7 Å². The molecule has 12 heteroatoms. The smallest absolute Gasteiger partial charge is 0.310 e. The highest BCUT2D eigenvalue weighted by atomic mass is 16.7. The number of rotatable bonds is 6. The third kappa shape index (κ3) is 3.73. The Hall–Kier alpha value is -2.80. The maximum atomic E-state index is 14.9. The predicted molar refractivity (Wildman–Crippen MR) is 160 cm³/mol. The van der Waals surface area contributed by atoms with Crippen molar-refractivity contribution in [3.8, 4) is 0 Å². The summed E-state index contributed by atoms with van der Waals surface area (Å²) < 4.78 is 36.5. The van der Waals surface area contributed by atoms with Gasteiger partial charge in [-0.3, -0.25) is 19.2 Å². The Labute approximate surface area is 273 Å². The minimum atomic E-state index is -1.50. The summed E-state index contributed by atoms with van der Waals surface area (Å²) in [5.41, 5.74) is -4.72. The number of furan rings is 1. The van der Waals surface area contributed by atoms with Crippen LogP contribution in [0.1, 0.15) is 85.6 Å². The fourth-order valence-electron chi connectivity index (χ4n) is 11.8. The number of ketones is 1. The van der Waals surface area contributed by atoms with Crippen LogP contribution in [-0.4, -0.2) is 82.9 Å². The van der Waals surface area contributed by atoms with Crippen LogP contribution in [0, 0.1) is 39.4 Å². The van der Waals surface area contributed by atoms with E-state index in [9.17, 15) is 29.4 Å². The van der Waals surface area contributed by atoms with Gasteiger partial charge in [0.15, 0.2) is 12.2 Å². The third-order valence-corrected chi connectivity index (χ3v) is 13.7. The molecule has 1 aromatic rings. The van der Waals surface area contributed by atoms with Gasteiger partial charge in [0, 0.05) is 42.4 Å². The van der Waals surface area contributed by atoms with Gasteiger partial charge in [0.05, 0.1) is 42.7 Å². The summed E-state index contributed by atoms with van der Waals surface area (Å²) >= 11 is 0. The molecule has 2 bridgehead atoms. The molecule has 2 aliphatic heterocycles. The molecule has 1 aromatic heterocycles. The standard InChI is InChI=1S/C35H46O12/c1-8-16(2)29(41)46-30-32(6)22-12-24-33(7)26(34(22,15-43-30)27(40)25(44-17(3)36)28(32)45-18(4)37)21(38)13-31(5)20(19-9-10-42-14-19)11-23(39)35(31,33)47-24/h9-10,14,16,20,22-28,30,39-40H,8,11-13,15H2,1-7H3/t16?,20-,22-,23+,24+,25+,26-,27-,28+,30-,31-,32+,33+,34-,35-/m0/s1. The number of carbonyl (C=O) groups excluding carboxylic acids is 4. The fraction of sp³-hybridized carbons (Fsp3) is 0.771. The highest BCUT2D eigenvalue weighted by Crippen LogP contribution is 2.82. The van der Waals surface area contributed by atoms with Gasteiger partial charge in [0.25, 0.3) is 0 Å². The summed E-state index contributed by atoms with van der Waals surface area (Å²) in [6, 6.07) is 1.86. The van der Waals surface area contributed by atoms with Crippen molar-refractivity contribution in [2.75, 3.05) is 6.61 Å². The molecule has 2 saturated heterocycles. The Bertz CT molecular complexity index is 1490. The Morgan fingerprint density at radius 3 is 2.38 bits per heavy atom. The van der Waals surface area contributed by atoms with Crippen LogP contribution < -0.4 is 0 Å². The molecule has 7 rings (SSSR count). The van der Waals surface area contributed by atoms with Gasteiger partial charge in [0.1, 0.15) is 17.5 Å². The largest absolute Gasteiger partial charge is 0.472 e. The Morgan fingerprint density at radius 2 is 1.77 bits per heavy atom. The molecule has 3 heterocycles. The SMILES string of the molecule is CCC(C)C(=O)O[C@@H]1OC[C@@]23[C@H]4C(=O)C[C@@]5(C)[C@H](c6ccoc6)C[C@@H](O)[C@]56O[C@H](C[C@H]2[C@]1(C)[C@H](OC(C)=O)[C@H](OC(C)=O)[C@@H]3O)[C@]46C. The number of Topliss-reactive ketones (excluding diaryl/α,β-unsaturated/α-hetero) is 1. The van der Waals surface area contributed by atoms with E-state index in [1.54, 1.807) is 26.4 Å². The van der Waals surface area contributed by atoms with Crippen molar-refractivity contribution in [1.82, 2.24) is 0 Å². The molecular weight excluding hydrogens is 612 g/mol. The second kappa shape index (κ2) is 10.4. The summed E-state index contributed by atoms with van der Waals surface area (Å²) in [4.78, 5) is 53.4. The van der Waals surface area contributed by atoms with Crippen LogP contribution in [0.25, 0.3) is 0 Å². The summed E-state index contributed by atoms with van der Waals surface area (Å²) in [5.74, 6) is -4.22. The molecule has 12 nitrogen and oxygen atoms in total. The van der Waals surface area contributed by atoms with Crippen LogP contribution in [0.3, 0.4) is 0 Å². The van der Waals surface area contributed by atoms with Gasteiger partial charge >= 0.3 is 17.9 Å². The number of esters is 3. The van der Waals surface area contributed by atoms with Crippen LogP contribution in [0.5, 0.6) is 0 Å². The summed E-state index contributed by atoms with van der Waals surface area (Å²) in [6.07, 6.45) is -2.40. The molecule has 47 heavy (non-hydrogen) atoms. The number of aliphatic hydroxyl groups excluding tert-OH is 2. The molecule has 6 fully saturated rings. The third-order valence-electron chi connectivity index (χ3n) is 13.7. The van der Waals surface area contributed by atoms with E-state index in [1.165, 1.54) is 13.8 Å². The van der Waals surface area contributed by atoms with Crippen LogP contribution in [0.2, 0.25) is 0 Å². The maximum absolute atomic E-state index is 14.9. The molecule has 6 aliphatic rings. The zero-order chi connectivity index (χ0) is 34.1. The summed E-state index contributed by atoms with van der Waals surface area (Å²) in [5, 5.41) is 24.5. The Morgan fingerprint density at radius 1 is 1.06 bits per heavy atom. The van der Waals surface area contributed by atoms with E-state index >= 15 is 0 Å². The number of hydrogen-bond acceptors (Lipinski definition) is 12. The summed E-state index contributed by atoms with van der Waals surface area (Å²) in [6.45, 7) is 11.6. The first-order valence-electron chi connectivity index (χ1n) is 16.8. The average molecular weight is 659 g/mol. The molecule has 0 amide bonds. The van der Waals surface area contributed by atoms with E-state index in [2.05, 4.69) is 0 Å². The first-order chi connectivity index (χ1) is 22.0. The number of carbonyl (C=O) groups is 4. The molecule has 4 saturated carbocycles. The monoisotopic (exact) mass is 658 g/mol. The molecule has 4 aliphatic carbocycles. The molecule has 0 aromatic carbocycles. The highest BCUT2D eigenvalue weighted by molar-refractivity contribution is 5.87. The molecule has 1 spiro atoms. The quantitative estimate of drug-likeness (QED) is 0.339. The highest BCUT2D eigenvalue weighted by Gasteiger charge is 2.90. The topological polar surface area (TPSA) is 168 Å². The minimum absolute atomic E-state index is 0.0584. The van der Waals surface area contributed by atoms with E-state index in [4.69, 9.17) is 28.1 Å². The zero-order valence-electron chi connectivity index (χ0n) is 28.0. The van der Waals surface area contributed by atoms with Crippen LogP contribution in [0.15, 0.2) is 23.0 Å². The summed E-state index contributed by atoms with van der Waals surface area (Å²) in [7, 11) is 0. The lowest BCUT2D eigenvalue weighted by atomic mass is 9.30. The first-order valence-corrected chi connectivity index (χ1v) is 16.8. The van der Waals surface area contributed by atoms with Gasteiger partial charge in [-0.15, -0.1) is 0 Å². The zero-order valence-corrected chi connectivity index (χ0v) is 28.0. The van der Waals surface area contributed by atoms with E-state index in [-0.39, 0.29) is 24.7 Å². The lowest BCUT2D eigenvalue weighted by Crippen LogP contribution is -2.90. The lowest BCUT2D eigenvalue weighted by Gasteiger charge is -2.81. The van der Waals surface area contributed by atoms with Gasteiger partial charge < -0.3 is 38.3 Å². The molecule has 15 atom stereocenters. The Balaban J connectivity index is 1.40. The van der Waals surface area contributed by atoms with Crippen molar-refractivity contribution in [2.24, 2.45) is 39.4 Å². The minimum Gasteiger partial charge on any atom is -0.472 e. The number of ether oxygens (including phenoxy) is 5. The van der Waals surface area contributed by atoms with Crippen molar-refractivity contribution in [3.63, 3.8) is 0 Å². The van der Waals surface area contributed by atoms with Crippen LogP contribution in [0.4, 0.5) is 0 Å².